The summed E-state index contributed by atoms with van der Waals surface area (Å²) in [5.74, 6) is -2.13. The molecular formula is C26H32N5O6. The molecule has 2 aromatic rings. The normalized spacial score (nSPS) is 12.9. The average Bonchev–Trinajstić information content (AvgIpc) is 2.90. The minimum atomic E-state index is -0.969. The molecule has 0 aromatic heterocycles. The van der Waals surface area contributed by atoms with Crippen molar-refractivity contribution in [2.24, 2.45) is 5.73 Å². The maximum atomic E-state index is 12.8. The van der Waals surface area contributed by atoms with Gasteiger partial charge < -0.3 is 31.7 Å². The largest absolute Gasteiger partial charge is 0.508 e. The number of carbonyl (C=O) groups excluding carboxylic acids is 5. The van der Waals surface area contributed by atoms with E-state index in [-0.39, 0.29) is 25.1 Å². The Bertz CT molecular complexity index is 1080. The topological polar surface area (TPSA) is 171 Å². The Kier molecular flexibility index (Phi) is 11.2. The van der Waals surface area contributed by atoms with Gasteiger partial charge in [-0.05, 0) is 36.6 Å². The van der Waals surface area contributed by atoms with Gasteiger partial charge in [0.1, 0.15) is 17.8 Å². The molecule has 4 amide bonds. The number of nitrogens with two attached hydrogens (primary N) is 1. The van der Waals surface area contributed by atoms with Gasteiger partial charge in [0.05, 0.1) is 19.1 Å². The number of nitrogens with one attached hydrogen (secondary N) is 3. The Balaban J connectivity index is 1.90. The Morgan fingerprint density at radius 1 is 0.919 bits per heavy atom. The first-order valence-corrected chi connectivity index (χ1v) is 11.7. The standard InChI is InChI=1S/C26H32N5O6/c1-17(30-25(36)21(27)14-19-8-10-20(33)11-9-19)24(35)29-16-23(34)31(2)22(26(37)28-12-13-32)15-18-6-4-3-5-7-18/h3-11,17,21-22,33H,12,14-16,27H2,1-2H3,(H,28,37)(H,29,35)(H,30,36)/t17-,21+,22+/m1/s1. The van der Waals surface area contributed by atoms with E-state index in [1.807, 2.05) is 18.2 Å². The maximum absolute atomic E-state index is 12.8. The van der Waals surface area contributed by atoms with Gasteiger partial charge in [0.2, 0.25) is 29.9 Å². The van der Waals surface area contributed by atoms with Crippen molar-refractivity contribution in [2.45, 2.75) is 37.9 Å². The van der Waals surface area contributed by atoms with E-state index in [1.165, 1.54) is 31.0 Å². The number of hydrogen-bond acceptors (Lipinski definition) is 7. The molecule has 11 nitrogen and oxygen atoms in total. The molecule has 1 radical (unpaired) electrons. The lowest BCUT2D eigenvalue weighted by Crippen LogP contribution is -2.54. The van der Waals surface area contributed by atoms with Crippen molar-refractivity contribution in [3.05, 3.63) is 65.7 Å². The van der Waals surface area contributed by atoms with Gasteiger partial charge in [-0.1, -0.05) is 42.5 Å². The van der Waals surface area contributed by atoms with Crippen molar-refractivity contribution in [1.29, 1.82) is 0 Å². The van der Waals surface area contributed by atoms with Gasteiger partial charge in [-0.15, -0.1) is 0 Å². The minimum Gasteiger partial charge on any atom is -0.508 e. The number of carbonyl (C=O) groups is 4. The van der Waals surface area contributed by atoms with Crippen LogP contribution >= 0.6 is 0 Å². The number of phenolic OH excluding ortho intramolecular Hbond substituents is 1. The molecule has 37 heavy (non-hydrogen) atoms. The summed E-state index contributed by atoms with van der Waals surface area (Å²) in [6.07, 6.45) is 1.99. The van der Waals surface area contributed by atoms with E-state index in [2.05, 4.69) is 16.0 Å². The molecule has 0 bridgehead atoms. The SMILES string of the molecule is C[C@@H](NC(=O)[C@@H](N)Cc1ccc(O)cc1)C(=O)NCC(=O)N(C)[C@@H](Cc1ccccc1)C(=O)NC[C]=O. The summed E-state index contributed by atoms with van der Waals surface area (Å²) in [5, 5.41) is 16.7. The van der Waals surface area contributed by atoms with E-state index >= 15 is 0 Å². The number of nitrogens with zero attached hydrogens (tertiary/aromatic N) is 1. The molecule has 2 rings (SSSR count). The van der Waals surface area contributed by atoms with Gasteiger partial charge in [-0.2, -0.15) is 0 Å². The fraction of sp³-hybridized carbons (Fsp3) is 0.346. The van der Waals surface area contributed by atoms with Gasteiger partial charge >= 0.3 is 0 Å². The van der Waals surface area contributed by atoms with Crippen molar-refractivity contribution in [3.63, 3.8) is 0 Å². The van der Waals surface area contributed by atoms with Crippen LogP contribution in [-0.4, -0.2) is 78.2 Å². The highest BCUT2D eigenvalue weighted by Crippen LogP contribution is 2.11. The van der Waals surface area contributed by atoms with Crippen LogP contribution in [0.15, 0.2) is 54.6 Å². The summed E-state index contributed by atoms with van der Waals surface area (Å²) in [4.78, 5) is 62.0. The predicted molar refractivity (Wildman–Crippen MR) is 136 cm³/mol. The van der Waals surface area contributed by atoms with Crippen LogP contribution in [0.1, 0.15) is 18.1 Å². The molecule has 0 fully saturated rings. The van der Waals surface area contributed by atoms with Crippen molar-refractivity contribution in [3.8, 4) is 5.75 Å². The van der Waals surface area contributed by atoms with Crippen LogP contribution < -0.4 is 21.7 Å². The third-order valence-corrected chi connectivity index (χ3v) is 5.66. The molecule has 0 aliphatic rings. The summed E-state index contributed by atoms with van der Waals surface area (Å²) >= 11 is 0. The summed E-state index contributed by atoms with van der Waals surface area (Å²) in [6, 6.07) is 12.5. The smallest absolute Gasteiger partial charge is 0.243 e. The van der Waals surface area contributed by atoms with Crippen molar-refractivity contribution < 1.29 is 29.1 Å². The average molecular weight is 511 g/mol. The van der Waals surface area contributed by atoms with Gasteiger partial charge in [0.15, 0.2) is 0 Å². The molecule has 11 heteroatoms. The van der Waals surface area contributed by atoms with E-state index in [4.69, 9.17) is 5.73 Å². The monoisotopic (exact) mass is 510 g/mol. The molecule has 0 aliphatic heterocycles. The fourth-order valence-corrected chi connectivity index (χ4v) is 3.46. The first-order valence-electron chi connectivity index (χ1n) is 11.7. The highest BCUT2D eigenvalue weighted by molar-refractivity contribution is 5.93. The summed E-state index contributed by atoms with van der Waals surface area (Å²) < 4.78 is 0. The van der Waals surface area contributed by atoms with E-state index in [0.29, 0.717) is 0 Å². The zero-order valence-electron chi connectivity index (χ0n) is 20.8. The second-order valence-electron chi connectivity index (χ2n) is 8.50. The molecule has 6 N–H and O–H groups in total. The highest BCUT2D eigenvalue weighted by Gasteiger charge is 2.28. The van der Waals surface area contributed by atoms with Crippen LogP contribution in [0.25, 0.3) is 0 Å². The molecule has 0 saturated heterocycles. The van der Waals surface area contributed by atoms with E-state index in [9.17, 15) is 29.1 Å². The lowest BCUT2D eigenvalue weighted by atomic mass is 10.0. The second-order valence-corrected chi connectivity index (χ2v) is 8.50. The zero-order chi connectivity index (χ0) is 27.4. The molecule has 3 atom stereocenters. The lowest BCUT2D eigenvalue weighted by Gasteiger charge is -2.27. The van der Waals surface area contributed by atoms with Crippen molar-refractivity contribution in [2.75, 3.05) is 20.1 Å². The molecule has 0 saturated carbocycles. The highest BCUT2D eigenvalue weighted by atomic mass is 16.3. The number of benzene rings is 2. The van der Waals surface area contributed by atoms with Crippen molar-refractivity contribution in [1.82, 2.24) is 20.9 Å². The number of rotatable bonds is 13. The van der Waals surface area contributed by atoms with Crippen molar-refractivity contribution >= 4 is 29.9 Å². The number of hydrogen-bond donors (Lipinski definition) is 5. The van der Waals surface area contributed by atoms with Crippen LogP contribution in [0.2, 0.25) is 0 Å². The molecule has 197 valence electrons. The van der Waals surface area contributed by atoms with E-state index < -0.39 is 48.3 Å². The van der Waals surface area contributed by atoms with Gasteiger partial charge in [-0.25, -0.2) is 0 Å². The Morgan fingerprint density at radius 3 is 2.16 bits per heavy atom. The Labute approximate surface area is 215 Å². The number of amides is 4. The first-order chi connectivity index (χ1) is 17.6. The van der Waals surface area contributed by atoms with Gasteiger partial charge in [0, 0.05) is 13.5 Å². The quantitative estimate of drug-likeness (QED) is 0.234. The fourth-order valence-electron chi connectivity index (χ4n) is 3.46. The predicted octanol–water partition coefficient (Wildman–Crippen LogP) is -0.821. The molecular weight excluding hydrogens is 478 g/mol. The second kappa shape index (κ2) is 14.3. The molecule has 2 aromatic carbocycles. The Hall–Kier alpha value is -4.25. The van der Waals surface area contributed by atoms with Gasteiger partial charge in [0.25, 0.3) is 0 Å². The third kappa shape index (κ3) is 9.37. The third-order valence-electron chi connectivity index (χ3n) is 5.66. The minimum absolute atomic E-state index is 0.0961. The number of likely N-dealkylation sites (N-methyl/N-ethyl adjacent to an activating group) is 1. The lowest BCUT2D eigenvalue weighted by molar-refractivity contribution is -0.139. The summed E-state index contributed by atoms with van der Waals surface area (Å²) in [7, 11) is 1.43. The Morgan fingerprint density at radius 2 is 1.54 bits per heavy atom. The molecule has 0 heterocycles. The summed E-state index contributed by atoms with van der Waals surface area (Å²) in [6.45, 7) is 0.735. The number of aromatic hydroxyl groups is 1. The molecule has 0 aliphatic carbocycles. The zero-order valence-corrected chi connectivity index (χ0v) is 20.8. The molecule has 0 spiro atoms. The first kappa shape index (κ1) is 29.0. The van der Waals surface area contributed by atoms with Crippen LogP contribution in [0.5, 0.6) is 5.75 Å². The number of phenols is 1. The van der Waals surface area contributed by atoms with Crippen LogP contribution in [0.4, 0.5) is 0 Å². The molecule has 0 unspecified atom stereocenters. The van der Waals surface area contributed by atoms with Crippen LogP contribution in [-0.2, 0) is 36.8 Å². The van der Waals surface area contributed by atoms with E-state index in [0.717, 1.165) is 11.1 Å². The summed E-state index contributed by atoms with van der Waals surface area (Å²) in [5.41, 5.74) is 7.48. The van der Waals surface area contributed by atoms with Crippen LogP contribution in [0.3, 0.4) is 0 Å². The maximum Gasteiger partial charge on any atom is 0.243 e. The van der Waals surface area contributed by atoms with Crippen LogP contribution in [0, 0.1) is 0 Å². The van der Waals surface area contributed by atoms with Gasteiger partial charge in [-0.3, -0.25) is 24.0 Å². The van der Waals surface area contributed by atoms with E-state index in [1.54, 1.807) is 30.6 Å².